The summed E-state index contributed by atoms with van der Waals surface area (Å²) < 4.78 is 6.01. The van der Waals surface area contributed by atoms with E-state index in [0.717, 1.165) is 10.0 Å². The van der Waals surface area contributed by atoms with Crippen LogP contribution in [-0.4, -0.2) is 25.7 Å². The Morgan fingerprint density at radius 1 is 1.56 bits per heavy atom. The minimum atomic E-state index is -0.0669. The zero-order chi connectivity index (χ0) is 12.1. The molecular formula is C12H16BrNO2. The highest BCUT2D eigenvalue weighted by Gasteiger charge is 2.11. The Balaban J connectivity index is 2.70. The van der Waals surface area contributed by atoms with E-state index in [9.17, 15) is 4.79 Å². The summed E-state index contributed by atoms with van der Waals surface area (Å²) in [5.74, 6) is -0.0669. The molecule has 0 radical (unpaired) electrons. The van der Waals surface area contributed by atoms with Crippen molar-refractivity contribution in [1.82, 2.24) is 5.32 Å². The van der Waals surface area contributed by atoms with Crippen molar-refractivity contribution in [3.05, 3.63) is 33.8 Å². The van der Waals surface area contributed by atoms with Crippen LogP contribution in [0.2, 0.25) is 0 Å². The summed E-state index contributed by atoms with van der Waals surface area (Å²) in [6, 6.07) is 5.59. The minimum Gasteiger partial charge on any atom is -0.380 e. The fourth-order valence-corrected chi connectivity index (χ4v) is 1.63. The molecule has 1 amide bonds. The summed E-state index contributed by atoms with van der Waals surface area (Å²) in [4.78, 5) is 11.9. The van der Waals surface area contributed by atoms with Crippen molar-refractivity contribution in [1.29, 1.82) is 0 Å². The summed E-state index contributed by atoms with van der Waals surface area (Å²) >= 11 is 3.40. The molecule has 1 aromatic rings. The molecular weight excluding hydrogens is 270 g/mol. The van der Waals surface area contributed by atoms with Crippen LogP contribution in [-0.2, 0) is 4.74 Å². The second-order valence-corrected chi connectivity index (χ2v) is 4.52. The van der Waals surface area contributed by atoms with E-state index in [4.69, 9.17) is 4.74 Å². The zero-order valence-electron chi connectivity index (χ0n) is 9.71. The lowest BCUT2D eigenvalue weighted by atomic mass is 10.1. The van der Waals surface area contributed by atoms with E-state index < -0.39 is 0 Å². The van der Waals surface area contributed by atoms with E-state index in [2.05, 4.69) is 21.2 Å². The first-order valence-electron chi connectivity index (χ1n) is 5.12. The van der Waals surface area contributed by atoms with Crippen LogP contribution in [0.5, 0.6) is 0 Å². The van der Waals surface area contributed by atoms with Gasteiger partial charge in [-0.1, -0.05) is 22.0 Å². The Bertz CT molecular complexity index is 379. The SMILES string of the molecule is COC(C)CNC(=O)c1cccc(Br)c1C. The molecule has 1 aromatic carbocycles. The van der Waals surface area contributed by atoms with Crippen LogP contribution in [0.1, 0.15) is 22.8 Å². The van der Waals surface area contributed by atoms with Crippen LogP contribution in [0.3, 0.4) is 0 Å². The third-order valence-corrected chi connectivity index (χ3v) is 3.32. The Kier molecular flexibility index (Phi) is 4.96. The van der Waals surface area contributed by atoms with Gasteiger partial charge in [-0.3, -0.25) is 4.79 Å². The maximum absolute atomic E-state index is 11.9. The Morgan fingerprint density at radius 2 is 2.25 bits per heavy atom. The first-order chi connectivity index (χ1) is 7.56. The van der Waals surface area contributed by atoms with Crippen molar-refractivity contribution in [2.75, 3.05) is 13.7 Å². The third-order valence-electron chi connectivity index (χ3n) is 2.46. The highest BCUT2D eigenvalue weighted by Crippen LogP contribution is 2.19. The molecule has 0 heterocycles. The molecule has 0 spiro atoms. The average Bonchev–Trinajstić information content (AvgIpc) is 2.29. The number of hydrogen-bond donors (Lipinski definition) is 1. The largest absolute Gasteiger partial charge is 0.380 e. The van der Waals surface area contributed by atoms with Gasteiger partial charge in [-0.15, -0.1) is 0 Å². The predicted molar refractivity (Wildman–Crippen MR) is 67.7 cm³/mol. The summed E-state index contributed by atoms with van der Waals surface area (Å²) in [5, 5.41) is 2.83. The number of carbonyl (C=O) groups excluding carboxylic acids is 1. The number of benzene rings is 1. The van der Waals surface area contributed by atoms with Crippen LogP contribution >= 0.6 is 15.9 Å². The standard InChI is InChI=1S/C12H16BrNO2/c1-8(16-3)7-14-12(15)10-5-4-6-11(13)9(10)2/h4-6,8H,7H2,1-3H3,(H,14,15). The number of ether oxygens (including phenoxy) is 1. The molecule has 16 heavy (non-hydrogen) atoms. The molecule has 0 saturated carbocycles. The second kappa shape index (κ2) is 6.01. The van der Waals surface area contributed by atoms with Crippen molar-refractivity contribution in [2.24, 2.45) is 0 Å². The van der Waals surface area contributed by atoms with E-state index in [1.165, 1.54) is 0 Å². The smallest absolute Gasteiger partial charge is 0.251 e. The van der Waals surface area contributed by atoms with Gasteiger partial charge in [0.1, 0.15) is 0 Å². The van der Waals surface area contributed by atoms with Crippen LogP contribution in [0.4, 0.5) is 0 Å². The molecule has 1 atom stereocenters. The van der Waals surface area contributed by atoms with Crippen LogP contribution in [0, 0.1) is 6.92 Å². The molecule has 0 bridgehead atoms. The van der Waals surface area contributed by atoms with Gasteiger partial charge in [0.05, 0.1) is 6.10 Å². The van der Waals surface area contributed by atoms with Gasteiger partial charge < -0.3 is 10.1 Å². The highest BCUT2D eigenvalue weighted by atomic mass is 79.9. The van der Waals surface area contributed by atoms with Crippen LogP contribution < -0.4 is 5.32 Å². The van der Waals surface area contributed by atoms with Crippen molar-refractivity contribution in [2.45, 2.75) is 20.0 Å². The maximum Gasteiger partial charge on any atom is 0.251 e. The first-order valence-corrected chi connectivity index (χ1v) is 5.91. The van der Waals surface area contributed by atoms with Gasteiger partial charge in [0, 0.05) is 23.7 Å². The number of rotatable bonds is 4. The number of amides is 1. The molecule has 0 aliphatic heterocycles. The molecule has 4 heteroatoms. The maximum atomic E-state index is 11.9. The first kappa shape index (κ1) is 13.2. The predicted octanol–water partition coefficient (Wildman–Crippen LogP) is 2.52. The summed E-state index contributed by atoms with van der Waals surface area (Å²) in [7, 11) is 1.63. The van der Waals surface area contributed by atoms with Gasteiger partial charge in [0.25, 0.3) is 5.91 Å². The van der Waals surface area contributed by atoms with Crippen molar-refractivity contribution in [3.63, 3.8) is 0 Å². The lowest BCUT2D eigenvalue weighted by Gasteiger charge is -2.12. The minimum absolute atomic E-state index is 0.0245. The molecule has 1 rings (SSSR count). The van der Waals surface area contributed by atoms with Crippen LogP contribution in [0.15, 0.2) is 22.7 Å². The van der Waals surface area contributed by atoms with Crippen molar-refractivity contribution < 1.29 is 9.53 Å². The number of carbonyl (C=O) groups is 1. The van der Waals surface area contributed by atoms with Gasteiger partial charge in [0.2, 0.25) is 0 Å². The molecule has 1 N–H and O–H groups in total. The summed E-state index contributed by atoms with van der Waals surface area (Å²) in [5.41, 5.74) is 1.64. The molecule has 88 valence electrons. The lowest BCUT2D eigenvalue weighted by Crippen LogP contribution is -2.31. The van der Waals surface area contributed by atoms with Crippen LogP contribution in [0.25, 0.3) is 0 Å². The highest BCUT2D eigenvalue weighted by molar-refractivity contribution is 9.10. The fourth-order valence-electron chi connectivity index (χ4n) is 1.27. The second-order valence-electron chi connectivity index (χ2n) is 3.67. The Morgan fingerprint density at radius 3 is 2.88 bits per heavy atom. The van der Waals surface area contributed by atoms with E-state index in [1.54, 1.807) is 7.11 Å². The van der Waals surface area contributed by atoms with Gasteiger partial charge in [-0.25, -0.2) is 0 Å². The Labute approximate surface area is 104 Å². The molecule has 0 aliphatic carbocycles. The van der Waals surface area contributed by atoms with Crippen molar-refractivity contribution in [3.8, 4) is 0 Å². The van der Waals surface area contributed by atoms with E-state index >= 15 is 0 Å². The van der Waals surface area contributed by atoms with Gasteiger partial charge in [0.15, 0.2) is 0 Å². The number of halogens is 1. The van der Waals surface area contributed by atoms with E-state index in [-0.39, 0.29) is 12.0 Å². The lowest BCUT2D eigenvalue weighted by molar-refractivity contribution is 0.0870. The fraction of sp³-hybridized carbons (Fsp3) is 0.417. The number of hydrogen-bond acceptors (Lipinski definition) is 2. The normalized spacial score (nSPS) is 12.2. The average molecular weight is 286 g/mol. The molecule has 0 aromatic heterocycles. The molecule has 3 nitrogen and oxygen atoms in total. The Hall–Kier alpha value is -0.870. The number of methoxy groups -OCH3 is 1. The quantitative estimate of drug-likeness (QED) is 0.923. The van der Waals surface area contributed by atoms with E-state index in [1.807, 2.05) is 32.0 Å². The van der Waals surface area contributed by atoms with Crippen molar-refractivity contribution >= 4 is 21.8 Å². The van der Waals surface area contributed by atoms with Gasteiger partial charge in [-0.2, -0.15) is 0 Å². The molecule has 0 saturated heterocycles. The summed E-state index contributed by atoms with van der Waals surface area (Å²) in [6.07, 6.45) is 0.0245. The topological polar surface area (TPSA) is 38.3 Å². The van der Waals surface area contributed by atoms with Gasteiger partial charge >= 0.3 is 0 Å². The molecule has 0 fully saturated rings. The zero-order valence-corrected chi connectivity index (χ0v) is 11.3. The monoisotopic (exact) mass is 285 g/mol. The number of nitrogens with one attached hydrogen (secondary N) is 1. The molecule has 0 aliphatic rings. The molecule has 1 unspecified atom stereocenters. The summed E-state index contributed by atoms with van der Waals surface area (Å²) in [6.45, 7) is 4.34. The van der Waals surface area contributed by atoms with E-state index in [0.29, 0.717) is 12.1 Å². The van der Waals surface area contributed by atoms with Gasteiger partial charge in [-0.05, 0) is 31.5 Å². The third kappa shape index (κ3) is 3.32.